The van der Waals surface area contributed by atoms with Crippen molar-refractivity contribution in [2.45, 2.75) is 33.1 Å². The van der Waals surface area contributed by atoms with E-state index < -0.39 is 0 Å². The van der Waals surface area contributed by atoms with Gasteiger partial charge in [0.1, 0.15) is 11.3 Å². The molecule has 0 aliphatic carbocycles. The molecule has 4 heteroatoms. The van der Waals surface area contributed by atoms with Crippen molar-refractivity contribution in [1.82, 2.24) is 9.97 Å². The van der Waals surface area contributed by atoms with Crippen LogP contribution in [0.15, 0.2) is 60.7 Å². The Morgan fingerprint density at radius 3 is 2.59 bits per heavy atom. The van der Waals surface area contributed by atoms with Crippen molar-refractivity contribution in [2.75, 3.05) is 13.2 Å². The molecule has 0 bridgehead atoms. The third-order valence-corrected chi connectivity index (χ3v) is 6.22. The molecule has 0 saturated heterocycles. The number of nitrogens with one attached hydrogen (secondary N) is 1. The lowest BCUT2D eigenvalue weighted by Crippen LogP contribution is -2.00. The topological polar surface area (TPSA) is 63.9 Å². The zero-order chi connectivity index (χ0) is 22.1. The van der Waals surface area contributed by atoms with Gasteiger partial charge in [-0.3, -0.25) is 0 Å². The van der Waals surface area contributed by atoms with Crippen LogP contribution in [-0.4, -0.2) is 23.1 Å². The second-order valence-corrected chi connectivity index (χ2v) is 8.33. The Morgan fingerprint density at radius 1 is 0.906 bits per heavy atom. The minimum Gasteiger partial charge on any atom is -0.492 e. The highest BCUT2D eigenvalue weighted by Gasteiger charge is 2.18. The van der Waals surface area contributed by atoms with Crippen LogP contribution in [0.2, 0.25) is 0 Å². The fraction of sp³-hybridized carbons (Fsp3) is 0.250. The number of nitrogens with two attached hydrogens (primary N) is 1. The monoisotopic (exact) mass is 423 g/mol. The quantitative estimate of drug-likeness (QED) is 0.293. The summed E-state index contributed by atoms with van der Waals surface area (Å²) < 4.78 is 5.90. The van der Waals surface area contributed by atoms with Gasteiger partial charge >= 0.3 is 0 Å². The molecule has 5 rings (SSSR count). The number of aromatic amines is 1. The number of aryl methyl sites for hydroxylation is 2. The molecule has 0 atom stereocenters. The number of unbranched alkanes of at least 4 members (excludes halogenated alkanes) is 1. The highest BCUT2D eigenvalue weighted by molar-refractivity contribution is 6.10. The van der Waals surface area contributed by atoms with Crippen molar-refractivity contribution < 1.29 is 4.74 Å². The van der Waals surface area contributed by atoms with E-state index in [2.05, 4.69) is 65.6 Å². The first-order valence-electron chi connectivity index (χ1n) is 11.5. The molecule has 0 saturated carbocycles. The van der Waals surface area contributed by atoms with Crippen LogP contribution in [0.1, 0.15) is 31.0 Å². The first kappa shape index (κ1) is 20.5. The van der Waals surface area contributed by atoms with Gasteiger partial charge in [0.25, 0.3) is 0 Å². The largest absolute Gasteiger partial charge is 0.492 e. The van der Waals surface area contributed by atoms with Gasteiger partial charge in [-0.05, 0) is 68.8 Å². The number of rotatable bonds is 7. The molecule has 0 fully saturated rings. The van der Waals surface area contributed by atoms with Crippen LogP contribution in [0.5, 0.6) is 5.75 Å². The SMILES string of the molecule is CCOc1ccc(-c2[nH]c3c(ccc4ccccc43)c2CCCCN)c2ccc(C)nc12. The van der Waals surface area contributed by atoms with E-state index >= 15 is 0 Å². The molecule has 0 amide bonds. The number of benzene rings is 3. The molecular formula is C28H29N3O. The molecule has 0 radical (unpaired) electrons. The van der Waals surface area contributed by atoms with Crippen molar-refractivity contribution in [2.24, 2.45) is 5.73 Å². The van der Waals surface area contributed by atoms with Crippen LogP contribution in [0.25, 0.3) is 43.8 Å². The Morgan fingerprint density at radius 2 is 1.75 bits per heavy atom. The number of pyridine rings is 1. The Labute approximate surface area is 188 Å². The van der Waals surface area contributed by atoms with E-state index in [-0.39, 0.29) is 0 Å². The molecule has 0 spiro atoms. The van der Waals surface area contributed by atoms with Gasteiger partial charge < -0.3 is 15.5 Å². The molecule has 3 N–H and O–H groups in total. The molecular weight excluding hydrogens is 394 g/mol. The van der Waals surface area contributed by atoms with Crippen LogP contribution in [0, 0.1) is 6.92 Å². The van der Waals surface area contributed by atoms with E-state index in [1.54, 1.807) is 0 Å². The second kappa shape index (κ2) is 8.64. The summed E-state index contributed by atoms with van der Waals surface area (Å²) in [7, 11) is 0. The zero-order valence-corrected chi connectivity index (χ0v) is 18.7. The lowest BCUT2D eigenvalue weighted by molar-refractivity contribution is 0.343. The molecule has 4 nitrogen and oxygen atoms in total. The number of ether oxygens (including phenoxy) is 1. The number of hydrogen-bond donors (Lipinski definition) is 2. The average Bonchev–Trinajstić information content (AvgIpc) is 3.18. The molecule has 2 heterocycles. The van der Waals surface area contributed by atoms with E-state index in [4.69, 9.17) is 15.5 Å². The lowest BCUT2D eigenvalue weighted by Gasteiger charge is -2.12. The molecule has 0 unspecified atom stereocenters. The summed E-state index contributed by atoms with van der Waals surface area (Å²) in [5, 5.41) is 4.89. The Balaban J connectivity index is 1.79. The number of aromatic nitrogens is 2. The summed E-state index contributed by atoms with van der Waals surface area (Å²) in [5.41, 5.74) is 12.6. The van der Waals surface area contributed by atoms with E-state index in [0.29, 0.717) is 6.61 Å². The van der Waals surface area contributed by atoms with E-state index in [0.717, 1.165) is 48.2 Å². The van der Waals surface area contributed by atoms with Gasteiger partial charge in [-0.1, -0.05) is 42.5 Å². The van der Waals surface area contributed by atoms with Crippen LogP contribution < -0.4 is 10.5 Å². The summed E-state index contributed by atoms with van der Waals surface area (Å²) in [5.74, 6) is 0.834. The summed E-state index contributed by atoms with van der Waals surface area (Å²) in [4.78, 5) is 8.64. The van der Waals surface area contributed by atoms with Crippen molar-refractivity contribution in [3.8, 4) is 17.0 Å². The van der Waals surface area contributed by atoms with Gasteiger partial charge in [-0.2, -0.15) is 0 Å². The van der Waals surface area contributed by atoms with Gasteiger partial charge in [0, 0.05) is 27.4 Å². The molecule has 162 valence electrons. The zero-order valence-electron chi connectivity index (χ0n) is 18.7. The van der Waals surface area contributed by atoms with Gasteiger partial charge in [-0.25, -0.2) is 4.98 Å². The van der Waals surface area contributed by atoms with Crippen LogP contribution >= 0.6 is 0 Å². The van der Waals surface area contributed by atoms with Crippen LogP contribution in [0.3, 0.4) is 0 Å². The number of H-pyrrole nitrogens is 1. The van der Waals surface area contributed by atoms with Gasteiger partial charge in [0.15, 0.2) is 0 Å². The smallest absolute Gasteiger partial charge is 0.145 e. The Hall–Kier alpha value is -3.37. The van der Waals surface area contributed by atoms with Crippen molar-refractivity contribution in [1.29, 1.82) is 0 Å². The maximum absolute atomic E-state index is 5.90. The summed E-state index contributed by atoms with van der Waals surface area (Å²) >= 11 is 0. The molecule has 3 aromatic carbocycles. The third kappa shape index (κ3) is 3.51. The maximum atomic E-state index is 5.90. The number of hydrogen-bond acceptors (Lipinski definition) is 3. The minimum absolute atomic E-state index is 0.618. The van der Waals surface area contributed by atoms with Crippen molar-refractivity contribution in [3.05, 3.63) is 71.9 Å². The van der Waals surface area contributed by atoms with Gasteiger partial charge in [0.05, 0.1) is 17.8 Å². The Kier molecular flexibility index (Phi) is 5.54. The van der Waals surface area contributed by atoms with Crippen molar-refractivity contribution >= 4 is 32.6 Å². The predicted molar refractivity (Wildman–Crippen MR) is 134 cm³/mol. The highest BCUT2D eigenvalue weighted by Crippen LogP contribution is 2.39. The number of fused-ring (bicyclic) bond motifs is 4. The highest BCUT2D eigenvalue weighted by atomic mass is 16.5. The fourth-order valence-corrected chi connectivity index (χ4v) is 4.71. The fourth-order valence-electron chi connectivity index (χ4n) is 4.71. The lowest BCUT2D eigenvalue weighted by atomic mass is 9.96. The molecule has 0 aliphatic rings. The van der Waals surface area contributed by atoms with Crippen LogP contribution in [-0.2, 0) is 6.42 Å². The first-order valence-corrected chi connectivity index (χ1v) is 11.5. The molecule has 2 aromatic heterocycles. The Bertz CT molecular complexity index is 1420. The van der Waals surface area contributed by atoms with Gasteiger partial charge in [-0.15, -0.1) is 0 Å². The van der Waals surface area contributed by atoms with E-state index in [1.165, 1.54) is 38.5 Å². The summed E-state index contributed by atoms with van der Waals surface area (Å²) in [6.45, 7) is 5.37. The molecule has 0 aliphatic heterocycles. The second-order valence-electron chi connectivity index (χ2n) is 8.33. The number of nitrogens with zero attached hydrogens (tertiary/aromatic N) is 1. The van der Waals surface area contributed by atoms with Gasteiger partial charge in [0.2, 0.25) is 0 Å². The van der Waals surface area contributed by atoms with E-state index in [1.807, 2.05) is 13.8 Å². The maximum Gasteiger partial charge on any atom is 0.145 e. The normalized spacial score (nSPS) is 11.6. The van der Waals surface area contributed by atoms with E-state index in [9.17, 15) is 0 Å². The summed E-state index contributed by atoms with van der Waals surface area (Å²) in [6, 6.07) is 21.5. The first-order chi connectivity index (χ1) is 15.7. The standard InChI is InChI=1S/C28H29N3O/c1-3-32-25-16-15-23(24-13-11-18(2)30-28(24)25)27-21(10-6-7-17-29)22-14-12-19-8-4-5-9-20(19)26(22)31-27/h4-5,8-9,11-16,31H,3,6-7,10,17,29H2,1-2H3. The van der Waals surface area contributed by atoms with Crippen LogP contribution in [0.4, 0.5) is 0 Å². The van der Waals surface area contributed by atoms with Crippen molar-refractivity contribution in [3.63, 3.8) is 0 Å². The summed E-state index contributed by atoms with van der Waals surface area (Å²) in [6.07, 6.45) is 3.07. The molecule has 5 aromatic rings. The molecule has 32 heavy (non-hydrogen) atoms. The predicted octanol–water partition coefficient (Wildman–Crippen LogP) is 6.52. The third-order valence-electron chi connectivity index (χ3n) is 6.22. The average molecular weight is 424 g/mol. The minimum atomic E-state index is 0.618.